The van der Waals surface area contributed by atoms with Crippen LogP contribution in [0.2, 0.25) is 0 Å². The zero-order chi connectivity index (χ0) is 13.4. The molecule has 1 heterocycles. The number of piperidine rings is 1. The van der Waals surface area contributed by atoms with Crippen LogP contribution < -0.4 is 5.73 Å². The summed E-state index contributed by atoms with van der Waals surface area (Å²) in [5, 5.41) is 0. The fourth-order valence-electron chi connectivity index (χ4n) is 2.75. The Morgan fingerprint density at radius 3 is 2.12 bits per heavy atom. The second-order valence-corrected chi connectivity index (χ2v) is 7.59. The molecule has 0 aromatic rings. The highest BCUT2D eigenvalue weighted by Gasteiger charge is 2.38. The maximum absolute atomic E-state index is 6.32. The third-order valence-corrected chi connectivity index (χ3v) is 5.06. The van der Waals surface area contributed by atoms with E-state index >= 15 is 0 Å². The van der Waals surface area contributed by atoms with E-state index in [-0.39, 0.29) is 11.0 Å². The van der Waals surface area contributed by atoms with Gasteiger partial charge in [0.25, 0.3) is 0 Å². The lowest BCUT2D eigenvalue weighted by Crippen LogP contribution is -2.57. The second kappa shape index (κ2) is 4.89. The van der Waals surface area contributed by atoms with Gasteiger partial charge >= 0.3 is 0 Å². The summed E-state index contributed by atoms with van der Waals surface area (Å²) in [4.78, 5) is 2.65. The Morgan fingerprint density at radius 1 is 1.12 bits per heavy atom. The SMILES string of the molecule is CC1CC(C)C(C)N(CC(C)(C)C(C)(C)N)C1. The number of nitrogens with two attached hydrogens (primary N) is 1. The van der Waals surface area contributed by atoms with Crippen LogP contribution in [0.4, 0.5) is 0 Å². The molecule has 3 unspecified atom stereocenters. The highest BCUT2D eigenvalue weighted by molar-refractivity contribution is 4.94. The third kappa shape index (κ3) is 3.45. The van der Waals surface area contributed by atoms with Gasteiger partial charge in [-0.25, -0.2) is 0 Å². The molecule has 2 N–H and O–H groups in total. The van der Waals surface area contributed by atoms with Crippen LogP contribution in [0.15, 0.2) is 0 Å². The van der Waals surface area contributed by atoms with Gasteiger partial charge in [-0.1, -0.05) is 27.7 Å². The van der Waals surface area contributed by atoms with Crippen molar-refractivity contribution in [2.24, 2.45) is 23.0 Å². The Bertz CT molecular complexity index is 252. The molecule has 0 saturated carbocycles. The van der Waals surface area contributed by atoms with Gasteiger partial charge in [0.05, 0.1) is 0 Å². The summed E-state index contributed by atoms with van der Waals surface area (Å²) >= 11 is 0. The lowest BCUT2D eigenvalue weighted by atomic mass is 9.73. The minimum atomic E-state index is -0.128. The molecule has 2 nitrogen and oxygen atoms in total. The molecule has 1 fully saturated rings. The molecule has 1 saturated heterocycles. The quantitative estimate of drug-likeness (QED) is 0.821. The van der Waals surface area contributed by atoms with Crippen molar-refractivity contribution in [2.75, 3.05) is 13.1 Å². The molecule has 0 aromatic heterocycles. The Hall–Kier alpha value is -0.0800. The lowest BCUT2D eigenvalue weighted by molar-refractivity contribution is 0.0250. The van der Waals surface area contributed by atoms with E-state index in [1.54, 1.807) is 0 Å². The summed E-state index contributed by atoms with van der Waals surface area (Å²) in [7, 11) is 0. The van der Waals surface area contributed by atoms with Crippen molar-refractivity contribution in [3.8, 4) is 0 Å². The van der Waals surface area contributed by atoms with Crippen LogP contribution in [0, 0.1) is 17.3 Å². The average Bonchev–Trinajstić information content (AvgIpc) is 2.11. The molecule has 17 heavy (non-hydrogen) atoms. The average molecular weight is 240 g/mol. The summed E-state index contributed by atoms with van der Waals surface area (Å²) in [6.07, 6.45) is 1.37. The first-order valence-corrected chi connectivity index (χ1v) is 7.07. The molecule has 1 rings (SSSR count). The van der Waals surface area contributed by atoms with Crippen molar-refractivity contribution >= 4 is 0 Å². The van der Waals surface area contributed by atoms with Crippen molar-refractivity contribution in [3.63, 3.8) is 0 Å². The predicted molar refractivity (Wildman–Crippen MR) is 76.0 cm³/mol. The molecule has 0 bridgehead atoms. The molecule has 3 atom stereocenters. The van der Waals surface area contributed by atoms with Gasteiger partial charge in [-0.3, -0.25) is 4.90 Å². The van der Waals surface area contributed by atoms with E-state index in [9.17, 15) is 0 Å². The maximum Gasteiger partial charge on any atom is 0.0161 e. The lowest BCUT2D eigenvalue weighted by Gasteiger charge is -2.48. The first-order valence-electron chi connectivity index (χ1n) is 7.07. The van der Waals surface area contributed by atoms with Crippen LogP contribution >= 0.6 is 0 Å². The molecular weight excluding hydrogens is 208 g/mol. The molecule has 1 aliphatic rings. The van der Waals surface area contributed by atoms with Gasteiger partial charge in [-0.2, -0.15) is 0 Å². The van der Waals surface area contributed by atoms with Gasteiger partial charge in [0.2, 0.25) is 0 Å². The Kier molecular flexibility index (Phi) is 4.31. The van der Waals surface area contributed by atoms with Crippen LogP contribution in [-0.4, -0.2) is 29.6 Å². The number of nitrogens with zero attached hydrogens (tertiary/aromatic N) is 1. The highest BCUT2D eigenvalue weighted by atomic mass is 15.2. The molecule has 2 heteroatoms. The normalized spacial score (nSPS) is 32.8. The Labute approximate surface area is 108 Å². The topological polar surface area (TPSA) is 29.3 Å². The molecule has 0 aliphatic carbocycles. The molecule has 0 amide bonds. The van der Waals surface area contributed by atoms with E-state index in [1.807, 2.05) is 0 Å². The van der Waals surface area contributed by atoms with E-state index < -0.39 is 0 Å². The minimum Gasteiger partial charge on any atom is -0.325 e. The summed E-state index contributed by atoms with van der Waals surface area (Å²) in [6, 6.07) is 0.688. The van der Waals surface area contributed by atoms with Crippen molar-refractivity contribution < 1.29 is 0 Å². The summed E-state index contributed by atoms with van der Waals surface area (Å²) in [6.45, 7) is 18.3. The zero-order valence-corrected chi connectivity index (χ0v) is 12.9. The molecule has 0 radical (unpaired) electrons. The first-order chi connectivity index (χ1) is 7.54. The van der Waals surface area contributed by atoms with Gasteiger partial charge in [0.15, 0.2) is 0 Å². The van der Waals surface area contributed by atoms with E-state index in [0.717, 1.165) is 18.4 Å². The van der Waals surface area contributed by atoms with Crippen LogP contribution in [0.5, 0.6) is 0 Å². The van der Waals surface area contributed by atoms with E-state index in [2.05, 4.69) is 53.4 Å². The van der Waals surface area contributed by atoms with Gasteiger partial charge in [-0.15, -0.1) is 0 Å². The first kappa shape index (κ1) is 15.0. The van der Waals surface area contributed by atoms with Gasteiger partial charge < -0.3 is 5.73 Å². The molecular formula is C15H32N2. The number of hydrogen-bond acceptors (Lipinski definition) is 2. The van der Waals surface area contributed by atoms with Crippen molar-refractivity contribution in [1.29, 1.82) is 0 Å². The van der Waals surface area contributed by atoms with Crippen LogP contribution in [-0.2, 0) is 0 Å². The summed E-state index contributed by atoms with van der Waals surface area (Å²) < 4.78 is 0. The van der Waals surface area contributed by atoms with Crippen LogP contribution in [0.1, 0.15) is 54.9 Å². The fraction of sp³-hybridized carbons (Fsp3) is 1.00. The zero-order valence-electron chi connectivity index (χ0n) is 12.9. The third-order valence-electron chi connectivity index (χ3n) is 5.06. The summed E-state index contributed by atoms with van der Waals surface area (Å²) in [5.41, 5.74) is 6.34. The molecule has 1 aliphatic heterocycles. The smallest absolute Gasteiger partial charge is 0.0161 e. The number of hydrogen-bond donors (Lipinski definition) is 1. The molecule has 0 spiro atoms. The maximum atomic E-state index is 6.32. The highest BCUT2D eigenvalue weighted by Crippen LogP contribution is 2.34. The van der Waals surface area contributed by atoms with Gasteiger partial charge in [0.1, 0.15) is 0 Å². The van der Waals surface area contributed by atoms with Crippen LogP contribution in [0.25, 0.3) is 0 Å². The summed E-state index contributed by atoms with van der Waals surface area (Å²) in [5.74, 6) is 1.62. The Morgan fingerprint density at radius 2 is 1.65 bits per heavy atom. The standard InChI is InChI=1S/C15H32N2/c1-11-8-12(2)13(3)17(9-11)10-14(4,5)15(6,7)16/h11-13H,8-10,16H2,1-7H3. The number of rotatable bonds is 3. The van der Waals surface area contributed by atoms with E-state index in [4.69, 9.17) is 5.73 Å². The van der Waals surface area contributed by atoms with Crippen molar-refractivity contribution in [1.82, 2.24) is 4.90 Å². The largest absolute Gasteiger partial charge is 0.325 e. The monoisotopic (exact) mass is 240 g/mol. The van der Waals surface area contributed by atoms with Crippen molar-refractivity contribution in [3.05, 3.63) is 0 Å². The number of likely N-dealkylation sites (tertiary alicyclic amines) is 1. The fourth-order valence-corrected chi connectivity index (χ4v) is 2.75. The van der Waals surface area contributed by atoms with Crippen LogP contribution in [0.3, 0.4) is 0 Å². The van der Waals surface area contributed by atoms with Gasteiger partial charge in [0, 0.05) is 24.7 Å². The second-order valence-electron chi connectivity index (χ2n) is 7.59. The van der Waals surface area contributed by atoms with E-state index in [1.165, 1.54) is 13.0 Å². The van der Waals surface area contributed by atoms with Crippen molar-refractivity contribution in [2.45, 2.75) is 66.5 Å². The van der Waals surface area contributed by atoms with E-state index in [0.29, 0.717) is 6.04 Å². The molecule has 0 aromatic carbocycles. The molecule has 102 valence electrons. The Balaban J connectivity index is 2.73. The minimum absolute atomic E-state index is 0.128. The van der Waals surface area contributed by atoms with Gasteiger partial charge in [-0.05, 0) is 44.4 Å². The predicted octanol–water partition coefficient (Wildman–Crippen LogP) is 3.12.